The average molecular weight is 312 g/mol. The molecule has 0 atom stereocenters. The third kappa shape index (κ3) is 2.98. The fourth-order valence-corrected chi connectivity index (χ4v) is 2.77. The molecule has 21 heavy (non-hydrogen) atoms. The van der Waals surface area contributed by atoms with E-state index in [2.05, 4.69) is 0 Å². The summed E-state index contributed by atoms with van der Waals surface area (Å²) in [5.41, 5.74) is -0.904. The van der Waals surface area contributed by atoms with Gasteiger partial charge in [-0.25, -0.2) is 21.6 Å². The van der Waals surface area contributed by atoms with Crippen molar-refractivity contribution in [2.24, 2.45) is 0 Å². The van der Waals surface area contributed by atoms with Crippen molar-refractivity contribution in [3.05, 3.63) is 59.4 Å². The summed E-state index contributed by atoms with van der Waals surface area (Å²) in [4.78, 5) is -0.935. The van der Waals surface area contributed by atoms with Crippen LogP contribution in [0.25, 0.3) is 0 Å². The lowest BCUT2D eigenvalue weighted by atomic mass is 10.2. The second-order valence-electron chi connectivity index (χ2n) is 3.95. The number of halogens is 3. The number of nitrogens with one attached hydrogen (secondary N) is 1. The monoisotopic (exact) mass is 312 g/mol. The van der Waals surface area contributed by atoms with E-state index in [0.29, 0.717) is 12.1 Å². The quantitative estimate of drug-likeness (QED) is 0.947. The number of nitrogens with zero attached hydrogens (tertiary/aromatic N) is 1. The molecule has 108 valence electrons. The third-order valence-corrected chi connectivity index (χ3v) is 3.93. The first-order valence-electron chi connectivity index (χ1n) is 5.51. The van der Waals surface area contributed by atoms with Crippen LogP contribution in [-0.2, 0) is 10.0 Å². The molecular weight excluding hydrogens is 305 g/mol. The van der Waals surface area contributed by atoms with Gasteiger partial charge in [-0.15, -0.1) is 0 Å². The molecule has 0 aromatic heterocycles. The van der Waals surface area contributed by atoms with Crippen LogP contribution in [0.3, 0.4) is 0 Å². The van der Waals surface area contributed by atoms with E-state index >= 15 is 0 Å². The summed E-state index contributed by atoms with van der Waals surface area (Å²) in [7, 11) is -4.50. The molecule has 0 fully saturated rings. The predicted octanol–water partition coefficient (Wildman–Crippen LogP) is 2.78. The number of rotatable bonds is 3. The molecule has 0 saturated heterocycles. The van der Waals surface area contributed by atoms with Gasteiger partial charge in [0.05, 0.1) is 5.69 Å². The van der Waals surface area contributed by atoms with Crippen LogP contribution >= 0.6 is 0 Å². The summed E-state index contributed by atoms with van der Waals surface area (Å²) in [6.45, 7) is 0. The Kier molecular flexibility index (Phi) is 3.86. The standard InChI is InChI=1S/C13H7F3N2O2S/c14-8-4-5-11(16)13(6-8)21(19,20)18-12-3-1-2-10(15)9(12)7-17/h1-6,18H. The summed E-state index contributed by atoms with van der Waals surface area (Å²) in [5, 5.41) is 8.81. The summed E-state index contributed by atoms with van der Waals surface area (Å²) in [6.07, 6.45) is 0. The molecule has 0 heterocycles. The van der Waals surface area contributed by atoms with Crippen LogP contribution in [0.5, 0.6) is 0 Å². The van der Waals surface area contributed by atoms with Gasteiger partial charge in [-0.3, -0.25) is 4.72 Å². The zero-order chi connectivity index (χ0) is 15.6. The van der Waals surface area contributed by atoms with E-state index < -0.39 is 37.9 Å². The summed E-state index contributed by atoms with van der Waals surface area (Å²) in [5.74, 6) is -3.05. The van der Waals surface area contributed by atoms with Crippen molar-refractivity contribution >= 4 is 15.7 Å². The van der Waals surface area contributed by atoms with Crippen molar-refractivity contribution in [2.75, 3.05) is 4.72 Å². The molecule has 0 bridgehead atoms. The molecule has 2 rings (SSSR count). The zero-order valence-corrected chi connectivity index (χ0v) is 11.1. The van der Waals surface area contributed by atoms with Gasteiger partial charge in [0.1, 0.15) is 34.0 Å². The number of hydrogen-bond acceptors (Lipinski definition) is 3. The fraction of sp³-hybridized carbons (Fsp3) is 0. The largest absolute Gasteiger partial charge is 0.278 e. The summed E-state index contributed by atoms with van der Waals surface area (Å²) >= 11 is 0. The summed E-state index contributed by atoms with van der Waals surface area (Å²) in [6, 6.07) is 6.68. The highest BCUT2D eigenvalue weighted by atomic mass is 32.2. The minimum absolute atomic E-state index is 0.360. The van der Waals surface area contributed by atoms with Crippen molar-refractivity contribution in [2.45, 2.75) is 4.90 Å². The van der Waals surface area contributed by atoms with Gasteiger partial charge in [-0.05, 0) is 30.3 Å². The molecule has 2 aromatic rings. The Morgan fingerprint density at radius 1 is 1.05 bits per heavy atom. The van der Waals surface area contributed by atoms with Gasteiger partial charge in [0.15, 0.2) is 0 Å². The topological polar surface area (TPSA) is 70.0 Å². The molecule has 0 saturated carbocycles. The van der Waals surface area contributed by atoms with Crippen LogP contribution in [0, 0.1) is 28.8 Å². The van der Waals surface area contributed by atoms with Crippen LogP contribution in [0.2, 0.25) is 0 Å². The average Bonchev–Trinajstić information content (AvgIpc) is 2.41. The third-order valence-electron chi connectivity index (χ3n) is 2.55. The normalized spacial score (nSPS) is 11.0. The van der Waals surface area contributed by atoms with E-state index in [4.69, 9.17) is 5.26 Å². The Morgan fingerprint density at radius 2 is 1.76 bits per heavy atom. The lowest BCUT2D eigenvalue weighted by Crippen LogP contribution is -2.16. The molecule has 2 aromatic carbocycles. The molecule has 0 aliphatic rings. The van der Waals surface area contributed by atoms with E-state index in [1.54, 1.807) is 0 Å². The minimum atomic E-state index is -4.50. The smallest absolute Gasteiger partial charge is 0.264 e. The van der Waals surface area contributed by atoms with Crippen LogP contribution in [0.4, 0.5) is 18.9 Å². The van der Waals surface area contributed by atoms with E-state index in [1.807, 2.05) is 4.72 Å². The fourth-order valence-electron chi connectivity index (χ4n) is 1.61. The molecule has 0 radical (unpaired) electrons. The van der Waals surface area contributed by atoms with E-state index in [-0.39, 0.29) is 5.69 Å². The zero-order valence-electron chi connectivity index (χ0n) is 10.3. The molecule has 0 aliphatic heterocycles. The maximum Gasteiger partial charge on any atom is 0.264 e. The van der Waals surface area contributed by atoms with Crippen LogP contribution in [0.15, 0.2) is 41.3 Å². The van der Waals surface area contributed by atoms with Crippen molar-refractivity contribution in [1.82, 2.24) is 0 Å². The molecule has 0 unspecified atom stereocenters. The first kappa shape index (κ1) is 14.9. The van der Waals surface area contributed by atoms with Crippen LogP contribution < -0.4 is 4.72 Å². The number of sulfonamides is 1. The number of nitriles is 1. The Hall–Kier alpha value is -2.53. The Labute approximate surface area is 118 Å². The Bertz CT molecular complexity index is 845. The van der Waals surface area contributed by atoms with Gasteiger partial charge in [0.25, 0.3) is 10.0 Å². The van der Waals surface area contributed by atoms with Crippen molar-refractivity contribution in [3.8, 4) is 6.07 Å². The van der Waals surface area contributed by atoms with Gasteiger partial charge < -0.3 is 0 Å². The number of benzene rings is 2. The van der Waals surface area contributed by atoms with Crippen LogP contribution in [-0.4, -0.2) is 8.42 Å². The second kappa shape index (κ2) is 5.46. The van der Waals surface area contributed by atoms with Gasteiger partial charge in [-0.1, -0.05) is 6.07 Å². The molecule has 0 amide bonds. The Morgan fingerprint density at radius 3 is 2.43 bits per heavy atom. The van der Waals surface area contributed by atoms with Crippen LogP contribution in [0.1, 0.15) is 5.56 Å². The predicted molar refractivity (Wildman–Crippen MR) is 68.3 cm³/mol. The van der Waals surface area contributed by atoms with Gasteiger partial charge in [-0.2, -0.15) is 5.26 Å². The lowest BCUT2D eigenvalue weighted by molar-refractivity contribution is 0.555. The Balaban J connectivity index is 2.51. The molecule has 0 spiro atoms. The summed E-state index contributed by atoms with van der Waals surface area (Å²) < 4.78 is 65.8. The molecule has 1 N–H and O–H groups in total. The first-order valence-corrected chi connectivity index (χ1v) is 7.00. The van der Waals surface area contributed by atoms with E-state index in [1.165, 1.54) is 12.1 Å². The second-order valence-corrected chi connectivity index (χ2v) is 5.61. The van der Waals surface area contributed by atoms with Crippen molar-refractivity contribution < 1.29 is 21.6 Å². The maximum atomic E-state index is 13.5. The minimum Gasteiger partial charge on any atom is -0.278 e. The highest BCUT2D eigenvalue weighted by Crippen LogP contribution is 2.23. The van der Waals surface area contributed by atoms with Crippen molar-refractivity contribution in [3.63, 3.8) is 0 Å². The molecular formula is C13H7F3N2O2S. The van der Waals surface area contributed by atoms with Crippen molar-refractivity contribution in [1.29, 1.82) is 5.26 Å². The SMILES string of the molecule is N#Cc1c(F)cccc1NS(=O)(=O)c1cc(F)ccc1F. The van der Waals surface area contributed by atoms with Gasteiger partial charge >= 0.3 is 0 Å². The highest BCUT2D eigenvalue weighted by molar-refractivity contribution is 7.92. The number of anilines is 1. The van der Waals surface area contributed by atoms with E-state index in [9.17, 15) is 21.6 Å². The molecule has 4 nitrogen and oxygen atoms in total. The van der Waals surface area contributed by atoms with Gasteiger partial charge in [0, 0.05) is 0 Å². The van der Waals surface area contributed by atoms with Gasteiger partial charge in [0.2, 0.25) is 0 Å². The lowest BCUT2D eigenvalue weighted by Gasteiger charge is -2.10. The molecule has 0 aliphatic carbocycles. The number of hydrogen-bond donors (Lipinski definition) is 1. The first-order chi connectivity index (χ1) is 9.85. The molecule has 8 heteroatoms. The maximum absolute atomic E-state index is 13.5. The van der Waals surface area contributed by atoms with E-state index in [0.717, 1.165) is 18.2 Å². The highest BCUT2D eigenvalue weighted by Gasteiger charge is 2.22.